The maximum Gasteiger partial charge on any atom is 0.189 e. The van der Waals surface area contributed by atoms with Gasteiger partial charge in [0.15, 0.2) is 5.79 Å². The molecule has 2 rings (SSSR count). The summed E-state index contributed by atoms with van der Waals surface area (Å²) in [6, 6.07) is 10.1. The van der Waals surface area contributed by atoms with E-state index in [1.165, 1.54) is 0 Å². The number of rotatable bonds is 3. The minimum absolute atomic E-state index is 0.0105. The molecule has 0 saturated heterocycles. The van der Waals surface area contributed by atoms with Crippen LogP contribution in [0.15, 0.2) is 48.6 Å². The van der Waals surface area contributed by atoms with Crippen molar-refractivity contribution >= 4 is 5.57 Å². The highest BCUT2D eigenvalue weighted by molar-refractivity contribution is 5.75. The Morgan fingerprint density at radius 1 is 1.24 bits per heavy atom. The average Bonchev–Trinajstić information content (AvgIpc) is 2.29. The Morgan fingerprint density at radius 2 is 1.94 bits per heavy atom. The Labute approximate surface area is 102 Å². The summed E-state index contributed by atoms with van der Waals surface area (Å²) in [5, 5.41) is 10.2. The summed E-state index contributed by atoms with van der Waals surface area (Å²) in [4.78, 5) is 0. The standard InChI is InChI=1S/C15H18O2/c1-12(2)17-15(16)10-8-14(9-11-15)13-6-4-3-5-7-13/h3-10,12,16H,11H2,1-2H3. The van der Waals surface area contributed by atoms with Crippen molar-refractivity contribution in [2.45, 2.75) is 32.2 Å². The van der Waals surface area contributed by atoms with E-state index in [0.717, 1.165) is 11.1 Å². The van der Waals surface area contributed by atoms with Gasteiger partial charge in [-0.1, -0.05) is 42.5 Å². The van der Waals surface area contributed by atoms with Gasteiger partial charge in [-0.25, -0.2) is 0 Å². The zero-order valence-electron chi connectivity index (χ0n) is 10.3. The average molecular weight is 230 g/mol. The second-order valence-corrected chi connectivity index (χ2v) is 4.57. The number of benzene rings is 1. The van der Waals surface area contributed by atoms with Crippen molar-refractivity contribution < 1.29 is 9.84 Å². The van der Waals surface area contributed by atoms with Gasteiger partial charge in [0.1, 0.15) is 0 Å². The van der Waals surface area contributed by atoms with Crippen molar-refractivity contribution in [3.63, 3.8) is 0 Å². The van der Waals surface area contributed by atoms with Crippen LogP contribution < -0.4 is 0 Å². The summed E-state index contributed by atoms with van der Waals surface area (Å²) < 4.78 is 5.49. The van der Waals surface area contributed by atoms with Gasteiger partial charge in [-0.3, -0.25) is 0 Å². The lowest BCUT2D eigenvalue weighted by Crippen LogP contribution is -2.33. The van der Waals surface area contributed by atoms with Crippen molar-refractivity contribution in [1.29, 1.82) is 0 Å². The van der Waals surface area contributed by atoms with Gasteiger partial charge >= 0.3 is 0 Å². The Balaban J connectivity index is 2.11. The van der Waals surface area contributed by atoms with Gasteiger partial charge in [0.05, 0.1) is 6.10 Å². The van der Waals surface area contributed by atoms with Crippen LogP contribution >= 0.6 is 0 Å². The highest BCUT2D eigenvalue weighted by Crippen LogP contribution is 2.28. The fourth-order valence-corrected chi connectivity index (χ4v) is 1.95. The molecule has 0 fully saturated rings. The molecule has 1 aliphatic carbocycles. The van der Waals surface area contributed by atoms with Gasteiger partial charge in [0.25, 0.3) is 0 Å². The molecule has 0 amide bonds. The van der Waals surface area contributed by atoms with E-state index >= 15 is 0 Å². The van der Waals surface area contributed by atoms with Crippen LogP contribution in [0, 0.1) is 0 Å². The first-order chi connectivity index (χ1) is 8.09. The molecule has 0 radical (unpaired) electrons. The van der Waals surface area contributed by atoms with Gasteiger partial charge < -0.3 is 9.84 Å². The van der Waals surface area contributed by atoms with Crippen molar-refractivity contribution in [3.8, 4) is 0 Å². The van der Waals surface area contributed by atoms with Crippen LogP contribution in [0.4, 0.5) is 0 Å². The van der Waals surface area contributed by atoms with E-state index in [0.29, 0.717) is 6.42 Å². The summed E-state index contributed by atoms with van der Waals surface area (Å²) in [7, 11) is 0. The lowest BCUT2D eigenvalue weighted by atomic mass is 9.96. The second kappa shape index (κ2) is 4.86. The van der Waals surface area contributed by atoms with Crippen LogP contribution in [0.1, 0.15) is 25.8 Å². The first-order valence-electron chi connectivity index (χ1n) is 5.94. The Hall–Kier alpha value is -1.38. The zero-order chi connectivity index (χ0) is 12.3. The summed E-state index contributed by atoms with van der Waals surface area (Å²) in [5.74, 6) is -1.15. The van der Waals surface area contributed by atoms with E-state index in [1.54, 1.807) is 6.08 Å². The Bertz CT molecular complexity index is 431. The van der Waals surface area contributed by atoms with Crippen LogP contribution in [0.5, 0.6) is 0 Å². The van der Waals surface area contributed by atoms with Gasteiger partial charge in [0.2, 0.25) is 0 Å². The van der Waals surface area contributed by atoms with Crippen molar-refractivity contribution in [2.24, 2.45) is 0 Å². The molecule has 2 nitrogen and oxygen atoms in total. The monoisotopic (exact) mass is 230 g/mol. The molecule has 0 aromatic heterocycles. The summed E-state index contributed by atoms with van der Waals surface area (Å²) >= 11 is 0. The molecular formula is C15H18O2. The third-order valence-electron chi connectivity index (χ3n) is 2.68. The van der Waals surface area contributed by atoms with Crippen LogP contribution in [-0.4, -0.2) is 17.0 Å². The quantitative estimate of drug-likeness (QED) is 0.808. The molecule has 0 aliphatic heterocycles. The third-order valence-corrected chi connectivity index (χ3v) is 2.68. The SMILES string of the molecule is CC(C)OC1(O)C=CC(c2ccccc2)=CC1. The largest absolute Gasteiger partial charge is 0.362 e. The van der Waals surface area contributed by atoms with Gasteiger partial charge in [0, 0.05) is 6.42 Å². The first kappa shape index (κ1) is 12.1. The lowest BCUT2D eigenvalue weighted by molar-refractivity contribution is -0.186. The predicted molar refractivity (Wildman–Crippen MR) is 69.3 cm³/mol. The maximum absolute atomic E-state index is 10.2. The molecule has 90 valence electrons. The van der Waals surface area contributed by atoms with Gasteiger partial charge in [-0.05, 0) is 31.1 Å². The highest BCUT2D eigenvalue weighted by Gasteiger charge is 2.27. The Morgan fingerprint density at radius 3 is 2.47 bits per heavy atom. The molecule has 1 N–H and O–H groups in total. The molecule has 0 saturated carbocycles. The molecule has 1 aliphatic rings. The number of hydrogen-bond acceptors (Lipinski definition) is 2. The fourth-order valence-electron chi connectivity index (χ4n) is 1.95. The molecule has 1 atom stereocenters. The maximum atomic E-state index is 10.2. The van der Waals surface area contributed by atoms with E-state index in [4.69, 9.17) is 4.74 Å². The smallest absolute Gasteiger partial charge is 0.189 e. The van der Waals surface area contributed by atoms with Crippen molar-refractivity contribution in [3.05, 3.63) is 54.1 Å². The number of aliphatic hydroxyl groups is 1. The molecule has 17 heavy (non-hydrogen) atoms. The minimum Gasteiger partial charge on any atom is -0.362 e. The molecule has 1 unspecified atom stereocenters. The minimum atomic E-state index is -1.15. The normalized spacial score (nSPS) is 23.9. The fraction of sp³-hybridized carbons (Fsp3) is 0.333. The summed E-state index contributed by atoms with van der Waals surface area (Å²) in [6.45, 7) is 3.84. The molecule has 0 heterocycles. The van der Waals surface area contributed by atoms with Crippen molar-refractivity contribution in [1.82, 2.24) is 0 Å². The molecule has 0 bridgehead atoms. The van der Waals surface area contributed by atoms with Crippen LogP contribution in [-0.2, 0) is 4.74 Å². The van der Waals surface area contributed by atoms with E-state index in [9.17, 15) is 5.11 Å². The van der Waals surface area contributed by atoms with E-state index < -0.39 is 5.79 Å². The zero-order valence-corrected chi connectivity index (χ0v) is 10.3. The second-order valence-electron chi connectivity index (χ2n) is 4.57. The third kappa shape index (κ3) is 3.05. The van der Waals surface area contributed by atoms with Crippen LogP contribution in [0.25, 0.3) is 5.57 Å². The summed E-state index contributed by atoms with van der Waals surface area (Å²) in [5.41, 5.74) is 2.29. The van der Waals surface area contributed by atoms with Gasteiger partial charge in [-0.15, -0.1) is 0 Å². The van der Waals surface area contributed by atoms with Gasteiger partial charge in [-0.2, -0.15) is 0 Å². The van der Waals surface area contributed by atoms with Crippen molar-refractivity contribution in [2.75, 3.05) is 0 Å². The van der Waals surface area contributed by atoms with Crippen LogP contribution in [0.3, 0.4) is 0 Å². The topological polar surface area (TPSA) is 29.5 Å². The Kier molecular flexibility index (Phi) is 3.46. The molecule has 1 aromatic carbocycles. The lowest BCUT2D eigenvalue weighted by Gasteiger charge is -2.28. The summed E-state index contributed by atoms with van der Waals surface area (Å²) in [6.07, 6.45) is 6.16. The molecular weight excluding hydrogens is 212 g/mol. The number of ether oxygens (including phenoxy) is 1. The number of hydrogen-bond donors (Lipinski definition) is 1. The molecule has 2 heteroatoms. The van der Waals surface area contributed by atoms with Crippen LogP contribution in [0.2, 0.25) is 0 Å². The van der Waals surface area contributed by atoms with E-state index in [-0.39, 0.29) is 6.10 Å². The molecule has 0 spiro atoms. The van der Waals surface area contributed by atoms with E-state index in [2.05, 4.69) is 12.1 Å². The number of allylic oxidation sites excluding steroid dienone is 2. The highest BCUT2D eigenvalue weighted by atomic mass is 16.6. The first-order valence-corrected chi connectivity index (χ1v) is 5.94. The van der Waals surface area contributed by atoms with E-state index in [1.807, 2.05) is 44.2 Å². The molecule has 1 aromatic rings. The predicted octanol–water partition coefficient (Wildman–Crippen LogP) is 3.14.